The highest BCUT2D eigenvalue weighted by atomic mass is 32.2. The second-order valence-corrected chi connectivity index (χ2v) is 5.97. The van der Waals surface area contributed by atoms with Crippen molar-refractivity contribution in [2.45, 2.75) is 12.6 Å². The molecule has 0 aromatic heterocycles. The van der Waals surface area contributed by atoms with Gasteiger partial charge in [-0.25, -0.2) is 22.4 Å². The quantitative estimate of drug-likeness (QED) is 0.772. The Morgan fingerprint density at radius 1 is 1.39 bits per heavy atom. The first-order valence-corrected chi connectivity index (χ1v) is 6.70. The van der Waals surface area contributed by atoms with Crippen LogP contribution in [0.4, 0.5) is 4.39 Å². The van der Waals surface area contributed by atoms with Crippen molar-refractivity contribution in [1.29, 1.82) is 0 Å². The van der Waals surface area contributed by atoms with Crippen LogP contribution in [-0.4, -0.2) is 42.5 Å². The summed E-state index contributed by atoms with van der Waals surface area (Å²) in [5.41, 5.74) is -3.69. The first-order valence-electron chi connectivity index (χ1n) is 4.81. The third kappa shape index (κ3) is 2.15. The van der Waals surface area contributed by atoms with E-state index < -0.39 is 43.8 Å². The Hall–Kier alpha value is -1.70. The third-order valence-electron chi connectivity index (χ3n) is 2.76. The molecular formula is C10H11FO6S. The first-order chi connectivity index (χ1) is 8.01. The van der Waals surface area contributed by atoms with Gasteiger partial charge in [-0.05, 0) is 12.2 Å². The van der Waals surface area contributed by atoms with Gasteiger partial charge in [-0.1, -0.05) is 6.92 Å². The van der Waals surface area contributed by atoms with Crippen molar-refractivity contribution in [1.82, 2.24) is 0 Å². The van der Waals surface area contributed by atoms with E-state index in [4.69, 9.17) is 10.2 Å². The number of hydrogen-bond donors (Lipinski definition) is 2. The summed E-state index contributed by atoms with van der Waals surface area (Å²) in [5.74, 6) is -5.13. The van der Waals surface area contributed by atoms with E-state index in [1.165, 1.54) is 0 Å². The minimum absolute atomic E-state index is 0.558. The van der Waals surface area contributed by atoms with Crippen LogP contribution in [0.3, 0.4) is 0 Å². The average Bonchev–Trinajstić information content (AvgIpc) is 2.19. The molecule has 2 unspecified atom stereocenters. The molecule has 1 aliphatic rings. The average molecular weight is 278 g/mol. The molecule has 0 spiro atoms. The van der Waals surface area contributed by atoms with Gasteiger partial charge in [0.15, 0.2) is 9.84 Å². The molecule has 8 heteroatoms. The zero-order chi connectivity index (χ0) is 14.3. The van der Waals surface area contributed by atoms with Gasteiger partial charge in [-0.15, -0.1) is 0 Å². The number of hydrogen-bond acceptors (Lipinski definition) is 4. The molecule has 0 heterocycles. The number of carboxylic acids is 2. The number of alkyl halides is 1. The number of allylic oxidation sites excluding steroid dienone is 1. The molecule has 2 N–H and O–H groups in total. The predicted molar refractivity (Wildman–Crippen MR) is 59.3 cm³/mol. The fourth-order valence-electron chi connectivity index (χ4n) is 1.72. The standard InChI is InChI=1S/C10H11FO6S/c1-5-7(8(12)13)6(18(2,16)17)3-4-10(5,11)9(14)15/h3-5H,1-2H3,(H,12,13)(H,14,15). The number of carboxylic acid groups (broad SMARTS) is 2. The lowest BCUT2D eigenvalue weighted by atomic mass is 9.81. The van der Waals surface area contributed by atoms with Gasteiger partial charge >= 0.3 is 11.9 Å². The molecule has 0 aliphatic heterocycles. The van der Waals surface area contributed by atoms with Crippen LogP contribution in [0.25, 0.3) is 0 Å². The van der Waals surface area contributed by atoms with Crippen molar-refractivity contribution in [3.05, 3.63) is 22.6 Å². The highest BCUT2D eigenvalue weighted by molar-refractivity contribution is 7.94. The second kappa shape index (κ2) is 4.20. The van der Waals surface area contributed by atoms with E-state index in [9.17, 15) is 22.4 Å². The molecule has 18 heavy (non-hydrogen) atoms. The van der Waals surface area contributed by atoms with Crippen LogP contribution in [0.15, 0.2) is 22.6 Å². The summed E-state index contributed by atoms with van der Waals surface area (Å²) in [7, 11) is -3.88. The lowest BCUT2D eigenvalue weighted by Crippen LogP contribution is -2.43. The Balaban J connectivity index is 3.56. The molecule has 0 aromatic rings. The topological polar surface area (TPSA) is 109 Å². The van der Waals surface area contributed by atoms with Crippen LogP contribution in [0.1, 0.15) is 6.92 Å². The van der Waals surface area contributed by atoms with E-state index >= 15 is 0 Å². The number of rotatable bonds is 3. The van der Waals surface area contributed by atoms with Crippen LogP contribution in [-0.2, 0) is 19.4 Å². The molecule has 0 radical (unpaired) electrons. The molecule has 0 saturated carbocycles. The van der Waals surface area contributed by atoms with E-state index in [1.807, 2.05) is 0 Å². The summed E-state index contributed by atoms with van der Waals surface area (Å²) in [6, 6.07) is 0. The van der Waals surface area contributed by atoms with Gasteiger partial charge < -0.3 is 10.2 Å². The zero-order valence-electron chi connectivity index (χ0n) is 9.55. The highest BCUT2D eigenvalue weighted by Gasteiger charge is 2.49. The van der Waals surface area contributed by atoms with Crippen molar-refractivity contribution in [2.75, 3.05) is 6.26 Å². The summed E-state index contributed by atoms with van der Waals surface area (Å²) in [6.45, 7) is 1.02. The Labute approximate surface area is 102 Å². The smallest absolute Gasteiger partial charge is 0.346 e. The molecule has 1 rings (SSSR count). The minimum Gasteiger partial charge on any atom is -0.479 e. The van der Waals surface area contributed by atoms with Crippen molar-refractivity contribution in [2.24, 2.45) is 5.92 Å². The van der Waals surface area contributed by atoms with Crippen LogP contribution < -0.4 is 0 Å². The highest BCUT2D eigenvalue weighted by Crippen LogP contribution is 2.38. The molecule has 0 amide bonds. The number of halogens is 1. The minimum atomic E-state index is -3.88. The third-order valence-corrected chi connectivity index (χ3v) is 3.92. The molecule has 0 fully saturated rings. The number of sulfone groups is 1. The molecule has 100 valence electrons. The zero-order valence-corrected chi connectivity index (χ0v) is 10.4. The molecule has 1 aliphatic carbocycles. The number of aliphatic carboxylic acids is 2. The lowest BCUT2D eigenvalue weighted by Gasteiger charge is -2.29. The Kier molecular flexibility index (Phi) is 3.35. The first kappa shape index (κ1) is 14.4. The van der Waals surface area contributed by atoms with Crippen LogP contribution >= 0.6 is 0 Å². The van der Waals surface area contributed by atoms with Crippen molar-refractivity contribution in [3.8, 4) is 0 Å². The van der Waals surface area contributed by atoms with Gasteiger partial charge in [0.25, 0.3) is 0 Å². The SMILES string of the molecule is CC1C(C(=O)O)=C(S(C)(=O)=O)C=CC1(F)C(=O)O. The van der Waals surface area contributed by atoms with Crippen molar-refractivity contribution >= 4 is 21.8 Å². The Morgan fingerprint density at radius 3 is 2.22 bits per heavy atom. The van der Waals surface area contributed by atoms with Gasteiger partial charge in [0, 0.05) is 12.2 Å². The van der Waals surface area contributed by atoms with Crippen molar-refractivity contribution in [3.63, 3.8) is 0 Å². The lowest BCUT2D eigenvalue weighted by molar-refractivity contribution is -0.150. The van der Waals surface area contributed by atoms with E-state index in [2.05, 4.69) is 0 Å². The van der Waals surface area contributed by atoms with Gasteiger partial charge in [0.2, 0.25) is 5.67 Å². The normalized spacial score (nSPS) is 28.3. The van der Waals surface area contributed by atoms with Crippen LogP contribution in [0.5, 0.6) is 0 Å². The van der Waals surface area contributed by atoms with Crippen molar-refractivity contribution < 1.29 is 32.6 Å². The summed E-state index contributed by atoms with van der Waals surface area (Å²) in [5, 5.41) is 17.7. The largest absolute Gasteiger partial charge is 0.479 e. The maximum absolute atomic E-state index is 14.1. The Morgan fingerprint density at radius 2 is 1.89 bits per heavy atom. The maximum atomic E-state index is 14.1. The van der Waals surface area contributed by atoms with Gasteiger partial charge in [0.05, 0.1) is 10.5 Å². The molecule has 6 nitrogen and oxygen atoms in total. The van der Waals surface area contributed by atoms with Gasteiger partial charge in [0.1, 0.15) is 0 Å². The second-order valence-electron chi connectivity index (χ2n) is 3.98. The molecular weight excluding hydrogens is 267 g/mol. The summed E-state index contributed by atoms with van der Waals surface area (Å²) in [6.07, 6.45) is 2.02. The Bertz CT molecular complexity index is 573. The molecule has 0 saturated heterocycles. The molecule has 0 bridgehead atoms. The van der Waals surface area contributed by atoms with Gasteiger partial charge in [-0.3, -0.25) is 0 Å². The monoisotopic (exact) mass is 278 g/mol. The molecule has 2 atom stereocenters. The van der Waals surface area contributed by atoms with Gasteiger partial charge in [-0.2, -0.15) is 0 Å². The van der Waals surface area contributed by atoms with E-state index in [0.29, 0.717) is 12.2 Å². The van der Waals surface area contributed by atoms with E-state index in [0.717, 1.165) is 13.2 Å². The summed E-state index contributed by atoms with van der Waals surface area (Å²) >= 11 is 0. The van der Waals surface area contributed by atoms with E-state index in [1.54, 1.807) is 0 Å². The van der Waals surface area contributed by atoms with Crippen LogP contribution in [0.2, 0.25) is 0 Å². The fraction of sp³-hybridized carbons (Fsp3) is 0.400. The summed E-state index contributed by atoms with van der Waals surface area (Å²) in [4.78, 5) is 21.3. The van der Waals surface area contributed by atoms with Crippen LogP contribution in [0, 0.1) is 5.92 Å². The molecule has 0 aromatic carbocycles. The number of carbonyl (C=O) groups is 2. The predicted octanol–water partition coefficient (Wildman–Crippen LogP) is 0.369. The van der Waals surface area contributed by atoms with E-state index in [-0.39, 0.29) is 0 Å². The summed E-state index contributed by atoms with van der Waals surface area (Å²) < 4.78 is 36.9. The fourth-order valence-corrected chi connectivity index (χ4v) is 2.70. The maximum Gasteiger partial charge on any atom is 0.346 e.